The van der Waals surface area contributed by atoms with Gasteiger partial charge in [-0.15, -0.1) is 0 Å². The molecule has 1 unspecified atom stereocenters. The average Bonchev–Trinajstić information content (AvgIpc) is 2.64. The van der Waals surface area contributed by atoms with E-state index >= 15 is 0 Å². The van der Waals surface area contributed by atoms with E-state index in [0.717, 1.165) is 11.1 Å². The fourth-order valence-corrected chi connectivity index (χ4v) is 3.22. The Hall–Kier alpha value is -2.63. The zero-order valence-corrected chi connectivity index (χ0v) is 17.1. The highest BCUT2D eigenvalue weighted by molar-refractivity contribution is 6.32. The second-order valence-corrected chi connectivity index (χ2v) is 7.58. The van der Waals surface area contributed by atoms with Gasteiger partial charge in [-0.2, -0.15) is 0 Å². The average molecular weight is 399 g/mol. The molecule has 0 spiro atoms. The van der Waals surface area contributed by atoms with Gasteiger partial charge in [-0.05, 0) is 51.2 Å². The molecule has 0 saturated carbocycles. The number of hydrogen-bond donors (Lipinski definition) is 1. The predicted octanol–water partition coefficient (Wildman–Crippen LogP) is 4.10. The summed E-state index contributed by atoms with van der Waals surface area (Å²) < 4.78 is 5.67. The molecule has 28 heavy (non-hydrogen) atoms. The summed E-state index contributed by atoms with van der Waals surface area (Å²) in [6.45, 7) is 4.24. The Morgan fingerprint density at radius 2 is 1.82 bits per heavy atom. The van der Waals surface area contributed by atoms with Crippen molar-refractivity contribution < 1.29 is 9.21 Å². The standard InChI is InChI=1S/C22H23ClN2O3/c1-13-5-7-15(8-6-13)18(25(3)4)12-24-22(27)21-11-19(26)16-10-17(23)14(2)9-20(16)28-21/h5-11,18H,12H2,1-4H3,(H,24,27). The second kappa shape index (κ2) is 8.17. The Morgan fingerprint density at radius 3 is 2.46 bits per heavy atom. The summed E-state index contributed by atoms with van der Waals surface area (Å²) in [5.41, 5.74) is 3.11. The van der Waals surface area contributed by atoms with Crippen molar-refractivity contribution in [2.75, 3.05) is 20.6 Å². The molecule has 0 radical (unpaired) electrons. The van der Waals surface area contributed by atoms with Crippen molar-refractivity contribution >= 4 is 28.5 Å². The lowest BCUT2D eigenvalue weighted by Crippen LogP contribution is -2.34. The van der Waals surface area contributed by atoms with E-state index in [1.807, 2.05) is 45.0 Å². The van der Waals surface area contributed by atoms with E-state index in [4.69, 9.17) is 16.0 Å². The van der Waals surface area contributed by atoms with E-state index in [0.29, 0.717) is 22.5 Å². The van der Waals surface area contributed by atoms with E-state index in [1.54, 1.807) is 12.1 Å². The number of carbonyl (C=O) groups excluding carboxylic acids is 1. The Kier molecular flexibility index (Phi) is 5.87. The number of likely N-dealkylation sites (N-methyl/N-ethyl adjacent to an activating group) is 1. The van der Waals surface area contributed by atoms with Crippen LogP contribution in [-0.2, 0) is 0 Å². The fraction of sp³-hybridized carbons (Fsp3) is 0.273. The van der Waals surface area contributed by atoms with Crippen LogP contribution < -0.4 is 10.7 Å². The summed E-state index contributed by atoms with van der Waals surface area (Å²) in [6.07, 6.45) is 0. The van der Waals surface area contributed by atoms with Gasteiger partial charge in [0.05, 0.1) is 11.4 Å². The number of amides is 1. The third-order valence-corrected chi connectivity index (χ3v) is 5.18. The summed E-state index contributed by atoms with van der Waals surface area (Å²) in [4.78, 5) is 27.0. The summed E-state index contributed by atoms with van der Waals surface area (Å²) in [6, 6.07) is 12.6. The van der Waals surface area contributed by atoms with Crippen LogP contribution in [-0.4, -0.2) is 31.4 Å². The molecule has 6 heteroatoms. The van der Waals surface area contributed by atoms with Gasteiger partial charge < -0.3 is 14.6 Å². The van der Waals surface area contributed by atoms with E-state index in [9.17, 15) is 9.59 Å². The molecule has 3 aromatic rings. The molecule has 0 fully saturated rings. The molecule has 1 amide bonds. The van der Waals surface area contributed by atoms with Crippen LogP contribution in [0.15, 0.2) is 51.7 Å². The Morgan fingerprint density at radius 1 is 1.14 bits per heavy atom. The van der Waals surface area contributed by atoms with Crippen molar-refractivity contribution in [2.45, 2.75) is 19.9 Å². The highest BCUT2D eigenvalue weighted by Gasteiger charge is 2.18. The molecule has 0 aliphatic heterocycles. The van der Waals surface area contributed by atoms with Crippen LogP contribution in [0, 0.1) is 13.8 Å². The first-order valence-electron chi connectivity index (χ1n) is 9.01. The van der Waals surface area contributed by atoms with Crippen LogP contribution in [0.5, 0.6) is 0 Å². The van der Waals surface area contributed by atoms with Crippen LogP contribution in [0.25, 0.3) is 11.0 Å². The second-order valence-electron chi connectivity index (χ2n) is 7.17. The Bertz CT molecular complexity index is 1070. The number of benzene rings is 2. The van der Waals surface area contributed by atoms with Crippen molar-refractivity contribution in [2.24, 2.45) is 0 Å². The van der Waals surface area contributed by atoms with E-state index < -0.39 is 5.91 Å². The molecule has 0 bridgehead atoms. The van der Waals surface area contributed by atoms with Crippen molar-refractivity contribution in [3.63, 3.8) is 0 Å². The molecule has 1 N–H and O–H groups in total. The number of hydrogen-bond acceptors (Lipinski definition) is 4. The smallest absolute Gasteiger partial charge is 0.287 e. The van der Waals surface area contributed by atoms with Crippen molar-refractivity contribution in [1.29, 1.82) is 0 Å². The van der Waals surface area contributed by atoms with Gasteiger partial charge in [-0.25, -0.2) is 0 Å². The lowest BCUT2D eigenvalue weighted by Gasteiger charge is -2.25. The van der Waals surface area contributed by atoms with Crippen LogP contribution in [0.4, 0.5) is 0 Å². The molecule has 2 aromatic carbocycles. The largest absolute Gasteiger partial charge is 0.451 e. The third kappa shape index (κ3) is 4.26. The number of rotatable bonds is 5. The maximum Gasteiger partial charge on any atom is 0.287 e. The van der Waals surface area contributed by atoms with Gasteiger partial charge in [-0.3, -0.25) is 9.59 Å². The van der Waals surface area contributed by atoms with Gasteiger partial charge in [0.25, 0.3) is 5.91 Å². The molecule has 1 heterocycles. The molecule has 1 aromatic heterocycles. The number of nitrogens with one attached hydrogen (secondary N) is 1. The zero-order valence-electron chi connectivity index (χ0n) is 16.4. The molecule has 0 saturated heterocycles. The van der Waals surface area contributed by atoms with E-state index in [2.05, 4.69) is 17.4 Å². The molecule has 1 atom stereocenters. The molecule has 3 rings (SSSR count). The quantitative estimate of drug-likeness (QED) is 0.703. The van der Waals surface area contributed by atoms with Gasteiger partial charge >= 0.3 is 0 Å². The highest BCUT2D eigenvalue weighted by atomic mass is 35.5. The summed E-state index contributed by atoms with van der Waals surface area (Å²) in [5, 5.41) is 3.72. The SMILES string of the molecule is Cc1ccc(C(CNC(=O)c2cc(=O)c3cc(Cl)c(C)cc3o2)N(C)C)cc1. The Labute approximate surface area is 168 Å². The number of fused-ring (bicyclic) bond motifs is 1. The summed E-state index contributed by atoms with van der Waals surface area (Å²) in [5.74, 6) is -0.439. The lowest BCUT2D eigenvalue weighted by molar-refractivity contribution is 0.0914. The monoisotopic (exact) mass is 398 g/mol. The van der Waals surface area contributed by atoms with Gasteiger partial charge in [0.2, 0.25) is 0 Å². The van der Waals surface area contributed by atoms with Crippen molar-refractivity contribution in [1.82, 2.24) is 10.2 Å². The maximum atomic E-state index is 12.6. The molecule has 146 valence electrons. The highest BCUT2D eigenvalue weighted by Crippen LogP contribution is 2.22. The molecule has 0 aliphatic carbocycles. The van der Waals surface area contributed by atoms with Gasteiger partial charge in [0.15, 0.2) is 11.2 Å². The fourth-order valence-electron chi connectivity index (χ4n) is 3.05. The number of aryl methyl sites for hydroxylation is 2. The van der Waals surface area contributed by atoms with Gasteiger partial charge in [0.1, 0.15) is 5.58 Å². The molecule has 5 nitrogen and oxygen atoms in total. The summed E-state index contributed by atoms with van der Waals surface area (Å²) in [7, 11) is 3.92. The van der Waals surface area contributed by atoms with Crippen molar-refractivity contribution in [3.8, 4) is 0 Å². The zero-order chi connectivity index (χ0) is 20.4. The van der Waals surface area contributed by atoms with Crippen molar-refractivity contribution in [3.05, 3.63) is 80.2 Å². The molecule has 0 aliphatic rings. The van der Waals surface area contributed by atoms with Crippen LogP contribution in [0.3, 0.4) is 0 Å². The van der Waals surface area contributed by atoms with Crippen LogP contribution in [0.1, 0.15) is 33.3 Å². The Balaban J connectivity index is 1.83. The number of halogens is 1. The normalized spacial score (nSPS) is 12.4. The lowest BCUT2D eigenvalue weighted by atomic mass is 10.0. The molecular formula is C22H23ClN2O3. The molecular weight excluding hydrogens is 376 g/mol. The number of nitrogens with zero attached hydrogens (tertiary/aromatic N) is 1. The third-order valence-electron chi connectivity index (χ3n) is 4.77. The van der Waals surface area contributed by atoms with Crippen LogP contribution in [0.2, 0.25) is 5.02 Å². The first-order valence-corrected chi connectivity index (χ1v) is 9.39. The number of carbonyl (C=O) groups is 1. The summed E-state index contributed by atoms with van der Waals surface area (Å²) >= 11 is 6.08. The van der Waals surface area contributed by atoms with Gasteiger partial charge in [-0.1, -0.05) is 41.4 Å². The minimum absolute atomic E-state index is 0.00206. The topological polar surface area (TPSA) is 62.6 Å². The minimum atomic E-state index is -0.425. The first-order chi connectivity index (χ1) is 13.3. The minimum Gasteiger partial charge on any atom is -0.451 e. The first kappa shape index (κ1) is 20.1. The van der Waals surface area contributed by atoms with E-state index in [1.165, 1.54) is 11.6 Å². The maximum absolute atomic E-state index is 12.6. The van der Waals surface area contributed by atoms with Crippen LogP contribution >= 0.6 is 11.6 Å². The van der Waals surface area contributed by atoms with Gasteiger partial charge in [0, 0.05) is 17.6 Å². The van der Waals surface area contributed by atoms with E-state index in [-0.39, 0.29) is 17.2 Å². The predicted molar refractivity (Wildman–Crippen MR) is 112 cm³/mol.